The predicted molar refractivity (Wildman–Crippen MR) is 132 cm³/mol. The highest BCUT2D eigenvalue weighted by Gasteiger charge is 2.29. The molecular weight excluding hydrogens is 451 g/mol. The number of halogens is 2. The van der Waals surface area contributed by atoms with Crippen molar-refractivity contribution in [3.8, 4) is 0 Å². The van der Waals surface area contributed by atoms with Gasteiger partial charge in [-0.1, -0.05) is 59.1 Å². The Balaban J connectivity index is 2.16. The molecule has 0 radical (unpaired) electrons. The second-order valence-electron chi connectivity index (χ2n) is 8.62. The normalized spacial score (nSPS) is 12.4. The summed E-state index contributed by atoms with van der Waals surface area (Å²) < 4.78 is 0. The quantitative estimate of drug-likeness (QED) is 0.513. The molecule has 1 N–H and O–H groups in total. The molecule has 0 fully saturated rings. The molecule has 4 nitrogen and oxygen atoms in total. The van der Waals surface area contributed by atoms with E-state index in [0.29, 0.717) is 15.6 Å². The van der Waals surface area contributed by atoms with Gasteiger partial charge in [0.2, 0.25) is 11.8 Å². The lowest BCUT2D eigenvalue weighted by atomic mass is 10.1. The van der Waals surface area contributed by atoms with E-state index in [2.05, 4.69) is 29.6 Å². The van der Waals surface area contributed by atoms with Crippen molar-refractivity contribution in [2.45, 2.75) is 58.5 Å². The van der Waals surface area contributed by atoms with Gasteiger partial charge >= 0.3 is 0 Å². The third kappa shape index (κ3) is 8.06. The number of benzene rings is 2. The van der Waals surface area contributed by atoms with Gasteiger partial charge in [0.25, 0.3) is 0 Å². The van der Waals surface area contributed by atoms with Crippen LogP contribution >= 0.6 is 35.0 Å². The van der Waals surface area contributed by atoms with Crippen molar-refractivity contribution in [3.05, 3.63) is 69.2 Å². The number of carbonyl (C=O) groups is 2. The van der Waals surface area contributed by atoms with Crippen LogP contribution in [0.5, 0.6) is 0 Å². The lowest BCUT2D eigenvalue weighted by molar-refractivity contribution is -0.139. The first-order valence-electron chi connectivity index (χ1n) is 10.2. The maximum absolute atomic E-state index is 13.2. The minimum Gasteiger partial charge on any atom is -0.350 e. The summed E-state index contributed by atoms with van der Waals surface area (Å²) in [6.45, 7) is 9.67. The van der Waals surface area contributed by atoms with Gasteiger partial charge in [0.05, 0.1) is 5.75 Å². The number of hydrogen-bond acceptors (Lipinski definition) is 3. The molecule has 0 heterocycles. The molecule has 0 bridgehead atoms. The van der Waals surface area contributed by atoms with Gasteiger partial charge in [-0.15, -0.1) is 11.8 Å². The van der Waals surface area contributed by atoms with Gasteiger partial charge in [0.1, 0.15) is 6.04 Å². The molecule has 1 atom stereocenters. The van der Waals surface area contributed by atoms with Crippen molar-refractivity contribution in [3.63, 3.8) is 0 Å². The molecule has 2 aromatic carbocycles. The van der Waals surface area contributed by atoms with E-state index in [-0.39, 0.29) is 24.1 Å². The maximum atomic E-state index is 13.2. The zero-order valence-electron chi connectivity index (χ0n) is 18.7. The van der Waals surface area contributed by atoms with Gasteiger partial charge in [0, 0.05) is 33.4 Å². The van der Waals surface area contributed by atoms with Crippen molar-refractivity contribution in [2.75, 3.05) is 5.75 Å². The number of aryl methyl sites for hydroxylation is 1. The summed E-state index contributed by atoms with van der Waals surface area (Å²) >= 11 is 14.2. The first-order chi connectivity index (χ1) is 14.5. The summed E-state index contributed by atoms with van der Waals surface area (Å²) in [5, 5.41) is 3.90. The van der Waals surface area contributed by atoms with Crippen LogP contribution in [-0.4, -0.2) is 34.0 Å². The first kappa shape index (κ1) is 25.6. The second kappa shape index (κ2) is 11.3. The molecule has 31 heavy (non-hydrogen) atoms. The zero-order chi connectivity index (χ0) is 23.2. The van der Waals surface area contributed by atoms with Gasteiger partial charge in [-0.3, -0.25) is 9.59 Å². The van der Waals surface area contributed by atoms with Crippen LogP contribution in [0.3, 0.4) is 0 Å². The van der Waals surface area contributed by atoms with Crippen LogP contribution in [0.2, 0.25) is 10.0 Å². The Kier molecular flexibility index (Phi) is 9.28. The average Bonchev–Trinajstić information content (AvgIpc) is 2.67. The Morgan fingerprint density at radius 1 is 1.06 bits per heavy atom. The highest BCUT2D eigenvalue weighted by atomic mass is 35.5. The van der Waals surface area contributed by atoms with E-state index < -0.39 is 11.6 Å². The molecule has 168 valence electrons. The zero-order valence-corrected chi connectivity index (χ0v) is 21.0. The van der Waals surface area contributed by atoms with E-state index in [1.807, 2.05) is 27.7 Å². The fourth-order valence-corrected chi connectivity index (χ4v) is 4.32. The number of nitrogens with zero attached hydrogens (tertiary/aromatic N) is 1. The number of rotatable bonds is 8. The summed E-state index contributed by atoms with van der Waals surface area (Å²) in [6, 6.07) is 12.8. The summed E-state index contributed by atoms with van der Waals surface area (Å²) in [5.41, 5.74) is 2.59. The van der Waals surface area contributed by atoms with Crippen molar-refractivity contribution >= 4 is 46.8 Å². The molecule has 0 spiro atoms. The number of nitrogens with one attached hydrogen (secondary N) is 1. The van der Waals surface area contributed by atoms with Gasteiger partial charge in [-0.05, 0) is 52.3 Å². The van der Waals surface area contributed by atoms with E-state index in [0.717, 1.165) is 11.3 Å². The molecule has 2 rings (SSSR count). The largest absolute Gasteiger partial charge is 0.350 e. The lowest BCUT2D eigenvalue weighted by Gasteiger charge is -2.32. The molecule has 7 heteroatoms. The summed E-state index contributed by atoms with van der Waals surface area (Å²) in [7, 11) is 0. The van der Waals surface area contributed by atoms with Crippen LogP contribution in [0, 0.1) is 6.92 Å². The smallest absolute Gasteiger partial charge is 0.242 e. The van der Waals surface area contributed by atoms with E-state index in [1.54, 1.807) is 30.0 Å². The average molecular weight is 481 g/mol. The van der Waals surface area contributed by atoms with Crippen LogP contribution in [0.4, 0.5) is 0 Å². The highest BCUT2D eigenvalue weighted by Crippen LogP contribution is 2.27. The lowest BCUT2D eigenvalue weighted by Crippen LogP contribution is -2.52. The molecule has 0 saturated heterocycles. The molecule has 0 saturated carbocycles. The molecule has 0 aliphatic rings. The molecule has 2 aromatic rings. The highest BCUT2D eigenvalue weighted by molar-refractivity contribution is 7.99. The predicted octanol–water partition coefficient (Wildman–Crippen LogP) is 5.87. The standard InChI is InChI=1S/C24H30Cl2N2O2S/c1-16-9-11-18(12-10-16)14-31-15-22(29)28(17(2)23(30)27-24(3,4)5)13-19-20(25)7-6-8-21(19)26/h6-12,17H,13-15H2,1-5H3,(H,27,30)/t17-/m0/s1. The van der Waals surface area contributed by atoms with E-state index in [9.17, 15) is 9.59 Å². The Hall–Kier alpha value is -1.69. The number of carbonyl (C=O) groups excluding carboxylic acids is 2. The Morgan fingerprint density at radius 3 is 2.19 bits per heavy atom. The van der Waals surface area contributed by atoms with Crippen LogP contribution in [0.25, 0.3) is 0 Å². The second-order valence-corrected chi connectivity index (χ2v) is 10.4. The number of hydrogen-bond donors (Lipinski definition) is 1. The third-order valence-electron chi connectivity index (χ3n) is 4.67. The first-order valence-corrected chi connectivity index (χ1v) is 12.1. The maximum Gasteiger partial charge on any atom is 0.242 e. The van der Waals surface area contributed by atoms with Crippen molar-refractivity contribution in [1.29, 1.82) is 0 Å². The molecule has 0 aliphatic heterocycles. The van der Waals surface area contributed by atoms with Gasteiger partial charge in [0.15, 0.2) is 0 Å². The van der Waals surface area contributed by atoms with E-state index >= 15 is 0 Å². The Bertz CT molecular complexity index is 891. The fourth-order valence-electron chi connectivity index (χ4n) is 2.93. The van der Waals surface area contributed by atoms with Crippen LogP contribution in [-0.2, 0) is 21.9 Å². The van der Waals surface area contributed by atoms with Crippen LogP contribution in [0.15, 0.2) is 42.5 Å². The Labute approximate surface area is 199 Å². The minimum absolute atomic E-state index is 0.135. The summed E-state index contributed by atoms with van der Waals surface area (Å²) in [5.74, 6) is 0.621. The van der Waals surface area contributed by atoms with Crippen molar-refractivity contribution in [2.24, 2.45) is 0 Å². The molecule has 0 aromatic heterocycles. The van der Waals surface area contributed by atoms with Crippen LogP contribution < -0.4 is 5.32 Å². The SMILES string of the molecule is Cc1ccc(CSCC(=O)N(Cc2c(Cl)cccc2Cl)[C@@H](C)C(=O)NC(C)(C)C)cc1. The Morgan fingerprint density at radius 2 is 1.65 bits per heavy atom. The van der Waals surface area contributed by atoms with Gasteiger partial charge in [-0.25, -0.2) is 0 Å². The third-order valence-corrected chi connectivity index (χ3v) is 6.37. The topological polar surface area (TPSA) is 49.4 Å². The van der Waals surface area contributed by atoms with Gasteiger partial charge < -0.3 is 10.2 Å². The molecule has 0 unspecified atom stereocenters. The minimum atomic E-state index is -0.668. The van der Waals surface area contributed by atoms with E-state index in [1.165, 1.54) is 17.3 Å². The molecular formula is C24H30Cl2N2O2S. The van der Waals surface area contributed by atoms with E-state index in [4.69, 9.17) is 23.2 Å². The monoisotopic (exact) mass is 480 g/mol. The molecule has 2 amide bonds. The fraction of sp³-hybridized carbons (Fsp3) is 0.417. The number of thioether (sulfide) groups is 1. The van der Waals surface area contributed by atoms with Crippen molar-refractivity contribution < 1.29 is 9.59 Å². The summed E-state index contributed by atoms with van der Waals surface area (Å²) in [4.78, 5) is 27.5. The molecule has 0 aliphatic carbocycles. The van der Waals surface area contributed by atoms with Crippen molar-refractivity contribution in [1.82, 2.24) is 10.2 Å². The number of amides is 2. The van der Waals surface area contributed by atoms with Crippen LogP contribution in [0.1, 0.15) is 44.4 Å². The summed E-state index contributed by atoms with van der Waals surface area (Å²) in [6.07, 6.45) is 0. The van der Waals surface area contributed by atoms with Gasteiger partial charge in [-0.2, -0.15) is 0 Å².